The number of piperidine rings is 1. The number of benzene rings is 1. The monoisotopic (exact) mass is 570 g/mol. The molecule has 39 heavy (non-hydrogen) atoms. The number of rotatable bonds is 9. The van der Waals surface area contributed by atoms with Crippen molar-refractivity contribution >= 4 is 29.2 Å². The van der Waals surface area contributed by atoms with Gasteiger partial charge >= 0.3 is 6.18 Å². The predicted molar refractivity (Wildman–Crippen MR) is 142 cm³/mol. The fourth-order valence-electron chi connectivity index (χ4n) is 4.72. The number of amides is 2. The summed E-state index contributed by atoms with van der Waals surface area (Å²) in [5, 5.41) is 11.0. The average Bonchev–Trinajstić information content (AvgIpc) is 2.91. The summed E-state index contributed by atoms with van der Waals surface area (Å²) < 4.78 is 46.9. The lowest BCUT2D eigenvalue weighted by molar-refractivity contribution is -0.261. The summed E-state index contributed by atoms with van der Waals surface area (Å²) in [6, 6.07) is 6.42. The van der Waals surface area contributed by atoms with Crippen LogP contribution in [0, 0.1) is 5.92 Å². The molecule has 1 aliphatic rings. The van der Waals surface area contributed by atoms with Crippen LogP contribution >= 0.6 is 11.6 Å². The van der Waals surface area contributed by atoms with Crippen LogP contribution in [0.2, 0.25) is 5.02 Å². The number of carbonyl (C=O) groups is 2. The number of halogens is 4. The van der Waals surface area contributed by atoms with E-state index < -0.39 is 23.2 Å². The van der Waals surface area contributed by atoms with E-state index in [9.17, 15) is 27.9 Å². The molecule has 1 aromatic carbocycles. The molecule has 2 amide bonds. The van der Waals surface area contributed by atoms with Gasteiger partial charge in [-0.3, -0.25) is 9.59 Å². The standard InChI is InChI=1S/C27H34ClF3N4O4/c1-33(2)24(36)19-15-22(28)23(32-17-19)35-13-10-18(11-14-35)7-6-12-34(3)25(37)26(38,27(29,30)31)20-8-5-9-21(16-20)39-4/h5,8-9,15-18,38H,6-7,10-14H2,1-4H3/t26-/m1/s1. The van der Waals surface area contributed by atoms with Crippen LogP contribution in [0.5, 0.6) is 5.75 Å². The number of nitrogens with zero attached hydrogens (tertiary/aromatic N) is 4. The van der Waals surface area contributed by atoms with Gasteiger partial charge in [0, 0.05) is 52.5 Å². The zero-order chi connectivity index (χ0) is 29.0. The van der Waals surface area contributed by atoms with E-state index >= 15 is 0 Å². The Morgan fingerprint density at radius 3 is 2.41 bits per heavy atom. The van der Waals surface area contributed by atoms with E-state index in [1.54, 1.807) is 20.2 Å². The van der Waals surface area contributed by atoms with Crippen LogP contribution in [-0.4, -0.2) is 85.8 Å². The van der Waals surface area contributed by atoms with Gasteiger partial charge in [0.2, 0.25) is 0 Å². The summed E-state index contributed by atoms with van der Waals surface area (Å²) in [5.74, 6) is -0.588. The molecular formula is C27H34ClF3N4O4. The minimum absolute atomic E-state index is 0.0656. The van der Waals surface area contributed by atoms with Crippen molar-refractivity contribution in [2.45, 2.75) is 37.5 Å². The van der Waals surface area contributed by atoms with Gasteiger partial charge in [0.1, 0.15) is 11.6 Å². The maximum atomic E-state index is 14.0. The Morgan fingerprint density at radius 1 is 1.18 bits per heavy atom. The minimum atomic E-state index is -5.22. The molecule has 1 aliphatic heterocycles. The number of anilines is 1. The summed E-state index contributed by atoms with van der Waals surface area (Å²) >= 11 is 6.41. The fourth-order valence-corrected chi connectivity index (χ4v) is 5.01. The number of alkyl halides is 3. The van der Waals surface area contributed by atoms with Gasteiger partial charge in [0.25, 0.3) is 17.4 Å². The molecule has 0 radical (unpaired) electrons. The first kappa shape index (κ1) is 30.5. The molecular weight excluding hydrogens is 537 g/mol. The molecule has 1 fully saturated rings. The smallest absolute Gasteiger partial charge is 0.430 e. The number of likely N-dealkylation sites (N-methyl/N-ethyl adjacent to an activating group) is 1. The summed E-state index contributed by atoms with van der Waals surface area (Å²) in [6.07, 6.45) is -0.860. The summed E-state index contributed by atoms with van der Waals surface area (Å²) in [5.41, 5.74) is -3.86. The summed E-state index contributed by atoms with van der Waals surface area (Å²) in [4.78, 5) is 33.9. The Bertz CT molecular complexity index is 1170. The maximum Gasteiger partial charge on any atom is 0.430 e. The van der Waals surface area contributed by atoms with Crippen LogP contribution in [0.4, 0.5) is 19.0 Å². The summed E-state index contributed by atoms with van der Waals surface area (Å²) in [6.45, 7) is 1.45. The lowest BCUT2D eigenvalue weighted by Gasteiger charge is -2.35. The highest BCUT2D eigenvalue weighted by Gasteiger charge is 2.61. The van der Waals surface area contributed by atoms with E-state index in [4.69, 9.17) is 16.3 Å². The van der Waals surface area contributed by atoms with Gasteiger partial charge < -0.3 is 24.5 Å². The second-order valence-electron chi connectivity index (χ2n) is 9.97. The molecule has 2 aromatic rings. The normalized spacial score (nSPS) is 16.0. The first-order chi connectivity index (χ1) is 18.3. The number of aromatic nitrogens is 1. The number of hydrogen-bond donors (Lipinski definition) is 1. The number of ether oxygens (including phenoxy) is 1. The number of carbonyl (C=O) groups excluding carboxylic acids is 2. The number of methoxy groups -OCH3 is 1. The first-order valence-corrected chi connectivity index (χ1v) is 13.0. The largest absolute Gasteiger partial charge is 0.497 e. The van der Waals surface area contributed by atoms with Crippen LogP contribution < -0.4 is 9.64 Å². The van der Waals surface area contributed by atoms with E-state index in [0.29, 0.717) is 48.3 Å². The minimum Gasteiger partial charge on any atom is -0.497 e. The van der Waals surface area contributed by atoms with Gasteiger partial charge in [-0.2, -0.15) is 13.2 Å². The Hall–Kier alpha value is -3.05. The Labute approximate surface area is 231 Å². The SMILES string of the molecule is COc1cccc([C@@](O)(C(=O)N(C)CCCC2CCN(c3ncc(C(=O)N(C)C)cc3Cl)CC2)C(F)(F)F)c1. The van der Waals surface area contributed by atoms with Gasteiger partial charge in [-0.05, 0) is 49.8 Å². The molecule has 214 valence electrons. The van der Waals surface area contributed by atoms with Crippen molar-refractivity contribution in [2.75, 3.05) is 52.8 Å². The third-order valence-electron chi connectivity index (χ3n) is 7.05. The van der Waals surface area contributed by atoms with Crippen molar-refractivity contribution in [3.63, 3.8) is 0 Å². The number of aliphatic hydroxyl groups is 1. The lowest BCUT2D eigenvalue weighted by atomic mass is 9.90. The molecule has 2 heterocycles. The van der Waals surface area contributed by atoms with E-state index in [2.05, 4.69) is 9.88 Å². The molecule has 0 unspecified atom stereocenters. The van der Waals surface area contributed by atoms with Crippen LogP contribution in [0.15, 0.2) is 36.5 Å². The van der Waals surface area contributed by atoms with Crippen LogP contribution in [0.1, 0.15) is 41.6 Å². The third-order valence-corrected chi connectivity index (χ3v) is 7.33. The number of pyridine rings is 1. The van der Waals surface area contributed by atoms with Crippen molar-refractivity contribution in [2.24, 2.45) is 5.92 Å². The molecule has 1 N–H and O–H groups in total. The quantitative estimate of drug-likeness (QED) is 0.482. The maximum absolute atomic E-state index is 14.0. The van der Waals surface area contributed by atoms with E-state index in [1.807, 2.05) is 0 Å². The van der Waals surface area contributed by atoms with Crippen molar-refractivity contribution in [1.29, 1.82) is 0 Å². The Morgan fingerprint density at radius 2 is 1.85 bits per heavy atom. The zero-order valence-corrected chi connectivity index (χ0v) is 23.2. The molecule has 1 saturated heterocycles. The second-order valence-corrected chi connectivity index (χ2v) is 10.4. The second kappa shape index (κ2) is 12.4. The average molecular weight is 571 g/mol. The molecule has 3 rings (SSSR count). The fraction of sp³-hybridized carbons (Fsp3) is 0.519. The van der Waals surface area contributed by atoms with Crippen molar-refractivity contribution in [3.05, 3.63) is 52.7 Å². The van der Waals surface area contributed by atoms with E-state index in [0.717, 1.165) is 29.9 Å². The molecule has 0 bridgehead atoms. The highest BCUT2D eigenvalue weighted by atomic mass is 35.5. The molecule has 8 nitrogen and oxygen atoms in total. The molecule has 0 saturated carbocycles. The summed E-state index contributed by atoms with van der Waals surface area (Å²) in [7, 11) is 5.86. The van der Waals surface area contributed by atoms with E-state index in [1.165, 1.54) is 37.4 Å². The highest BCUT2D eigenvalue weighted by Crippen LogP contribution is 2.41. The molecule has 0 aliphatic carbocycles. The van der Waals surface area contributed by atoms with E-state index in [-0.39, 0.29) is 18.2 Å². The molecule has 0 spiro atoms. The van der Waals surface area contributed by atoms with Crippen molar-refractivity contribution in [3.8, 4) is 5.75 Å². The van der Waals surface area contributed by atoms with Gasteiger partial charge in [-0.15, -0.1) is 0 Å². The van der Waals surface area contributed by atoms with Gasteiger partial charge in [0.15, 0.2) is 0 Å². The zero-order valence-electron chi connectivity index (χ0n) is 22.5. The van der Waals surface area contributed by atoms with Crippen LogP contribution in [0.3, 0.4) is 0 Å². The topological polar surface area (TPSA) is 86.2 Å². The van der Waals surface area contributed by atoms with Crippen LogP contribution in [0.25, 0.3) is 0 Å². The van der Waals surface area contributed by atoms with Crippen molar-refractivity contribution < 1.29 is 32.6 Å². The predicted octanol–water partition coefficient (Wildman–Crippen LogP) is 4.35. The third kappa shape index (κ3) is 6.75. The van der Waals surface area contributed by atoms with Gasteiger partial charge in [-0.1, -0.05) is 23.7 Å². The molecule has 12 heteroatoms. The highest BCUT2D eigenvalue weighted by molar-refractivity contribution is 6.33. The van der Waals surface area contributed by atoms with Gasteiger partial charge in [-0.25, -0.2) is 4.98 Å². The van der Waals surface area contributed by atoms with Crippen molar-refractivity contribution in [1.82, 2.24) is 14.8 Å². The lowest BCUT2D eigenvalue weighted by Crippen LogP contribution is -2.55. The molecule has 1 atom stereocenters. The van der Waals surface area contributed by atoms with Crippen LogP contribution in [-0.2, 0) is 10.4 Å². The number of hydrogen-bond acceptors (Lipinski definition) is 6. The first-order valence-electron chi connectivity index (χ1n) is 12.6. The molecule has 1 aromatic heterocycles. The van der Waals surface area contributed by atoms with Gasteiger partial charge in [0.05, 0.1) is 17.7 Å². The Balaban J connectivity index is 1.55. The Kier molecular flexibility index (Phi) is 9.71.